The molecule has 0 aromatic rings. The highest BCUT2D eigenvalue weighted by atomic mass is 31.2. The Balaban J connectivity index is 3.14. The predicted octanol–water partition coefficient (Wildman–Crippen LogP) is 15.1. The molecule has 1 amide bonds. The van der Waals surface area contributed by atoms with Gasteiger partial charge in [0.2, 0.25) is 5.91 Å². The third-order valence-electron chi connectivity index (χ3n) is 16.2. The van der Waals surface area contributed by atoms with Gasteiger partial charge in [0, 0.05) is 19.3 Å². The van der Waals surface area contributed by atoms with Gasteiger partial charge in [0.1, 0.15) is 30.2 Å². The van der Waals surface area contributed by atoms with E-state index in [9.17, 15) is 48.8 Å². The zero-order valence-corrected chi connectivity index (χ0v) is 53.4. The summed E-state index contributed by atoms with van der Waals surface area (Å²) in [7, 11) is -5.30. The van der Waals surface area contributed by atoms with Crippen molar-refractivity contribution >= 4 is 31.5 Å². The second-order valence-electron chi connectivity index (χ2n) is 24.0. The van der Waals surface area contributed by atoms with Gasteiger partial charge in [-0.05, 0) is 38.5 Å². The number of unbranched alkanes of at least 4 members (excludes halogenated alkanes) is 36. The number of aliphatic hydroxyl groups excluding tert-OH is 3. The Labute approximate surface area is 498 Å². The molecular weight excluding hydrogens is 1070 g/mol. The summed E-state index contributed by atoms with van der Waals surface area (Å²) in [4.78, 5) is 74.4. The second kappa shape index (κ2) is 53.2. The van der Waals surface area contributed by atoms with Crippen LogP contribution in [0.3, 0.4) is 0 Å². The molecule has 0 aromatic carbocycles. The van der Waals surface area contributed by atoms with E-state index >= 15 is 0 Å². The maximum absolute atomic E-state index is 14.5. The number of esters is 2. The highest BCUT2D eigenvalue weighted by Crippen LogP contribution is 2.43. The number of aliphatic hydroxyl groups is 3. The number of hydrogen-bond acceptors (Lipinski definition) is 13. The van der Waals surface area contributed by atoms with Gasteiger partial charge in [0.25, 0.3) is 0 Å². The van der Waals surface area contributed by atoms with Gasteiger partial charge in [-0.2, -0.15) is 0 Å². The van der Waals surface area contributed by atoms with E-state index in [0.717, 1.165) is 89.9 Å². The summed E-state index contributed by atoms with van der Waals surface area (Å²) in [6.07, 6.45) is 36.9. The van der Waals surface area contributed by atoms with Crippen molar-refractivity contribution in [3.63, 3.8) is 0 Å². The van der Waals surface area contributed by atoms with Crippen molar-refractivity contribution in [2.75, 3.05) is 19.8 Å². The fraction of sp³-hybridized carbons (Fsp3) is 0.938. The molecule has 1 saturated heterocycles. The Morgan fingerprint density at radius 2 is 0.841 bits per heavy atom. The lowest BCUT2D eigenvalue weighted by Crippen LogP contribution is -2.60. The van der Waals surface area contributed by atoms with Gasteiger partial charge >= 0.3 is 19.8 Å². The van der Waals surface area contributed by atoms with E-state index in [1.165, 1.54) is 148 Å². The smallest absolute Gasteiger partial charge is 0.462 e. The molecule has 0 spiro atoms. The van der Waals surface area contributed by atoms with Gasteiger partial charge < -0.3 is 49.4 Å². The van der Waals surface area contributed by atoms with Crippen LogP contribution in [0.15, 0.2) is 0 Å². The van der Waals surface area contributed by atoms with E-state index in [0.29, 0.717) is 32.1 Å². The number of phosphoric ester groups is 1. The molecule has 1 aliphatic heterocycles. The fourth-order valence-corrected chi connectivity index (χ4v) is 11.8. The van der Waals surface area contributed by atoms with Crippen LogP contribution in [0.2, 0.25) is 0 Å². The van der Waals surface area contributed by atoms with Crippen LogP contribution in [-0.2, 0) is 47.2 Å². The fourth-order valence-electron chi connectivity index (χ4n) is 11.2. The lowest BCUT2D eigenvalue weighted by molar-refractivity contribution is -0.278. The summed E-state index contributed by atoms with van der Waals surface area (Å²) in [6, 6.07) is -1.06. The Morgan fingerprint density at radius 3 is 1.18 bits per heavy atom. The highest BCUT2D eigenvalue weighted by molar-refractivity contribution is 7.46. The average molecular weight is 1190 g/mol. The first-order chi connectivity index (χ1) is 39.7. The molecule has 82 heavy (non-hydrogen) atoms. The second-order valence-corrected chi connectivity index (χ2v) is 25.2. The number of amides is 1. The van der Waals surface area contributed by atoms with Gasteiger partial charge in [0.15, 0.2) is 6.29 Å². The van der Waals surface area contributed by atoms with Crippen LogP contribution < -0.4 is 5.32 Å². The number of carbonyl (C=O) groups is 4. The van der Waals surface area contributed by atoms with Gasteiger partial charge in [-0.3, -0.25) is 23.7 Å². The van der Waals surface area contributed by atoms with Gasteiger partial charge in [0.05, 0.1) is 44.3 Å². The number of ether oxygens (including phenoxy) is 4. The van der Waals surface area contributed by atoms with E-state index in [1.807, 2.05) is 0 Å². The Bertz CT molecular complexity index is 1580. The van der Waals surface area contributed by atoms with Crippen LogP contribution in [0, 0.1) is 5.92 Å². The van der Waals surface area contributed by atoms with Crippen molar-refractivity contribution in [2.24, 2.45) is 5.92 Å². The van der Waals surface area contributed by atoms with Crippen LogP contribution in [0.5, 0.6) is 0 Å². The molecule has 17 heteroatoms. The molecule has 6 N–H and O–H groups in total. The van der Waals surface area contributed by atoms with Crippen LogP contribution in [-0.4, -0.2) is 111 Å². The molecule has 0 aromatic heterocycles. The first-order valence-corrected chi connectivity index (χ1v) is 35.4. The minimum Gasteiger partial charge on any atom is -0.462 e. The summed E-state index contributed by atoms with van der Waals surface area (Å²) in [6.45, 7) is 6.91. The lowest BCUT2D eigenvalue weighted by Gasteiger charge is -2.43. The molecule has 16 nitrogen and oxygen atoms in total. The van der Waals surface area contributed by atoms with Crippen molar-refractivity contribution in [3.8, 4) is 0 Å². The Kier molecular flexibility index (Phi) is 50.7. The largest absolute Gasteiger partial charge is 0.470 e. The van der Waals surface area contributed by atoms with Crippen molar-refractivity contribution in [2.45, 2.75) is 366 Å². The topological polar surface area (TPSA) is 245 Å². The molecule has 1 heterocycles. The zero-order valence-electron chi connectivity index (χ0n) is 52.5. The Morgan fingerprint density at radius 1 is 0.500 bits per heavy atom. The third-order valence-corrected chi connectivity index (χ3v) is 16.7. The van der Waals surface area contributed by atoms with Crippen molar-refractivity contribution < 1.29 is 72.3 Å². The molecule has 8 atom stereocenters. The summed E-state index contributed by atoms with van der Waals surface area (Å²) in [5.41, 5.74) is 0. The minimum atomic E-state index is -5.30. The number of rotatable bonds is 59. The summed E-state index contributed by atoms with van der Waals surface area (Å²) >= 11 is 0. The van der Waals surface area contributed by atoms with E-state index in [4.69, 9.17) is 23.5 Å². The number of Topliss-reactive ketones (excluding diaryl/α,β-unsaturated/α-hetero) is 1. The highest BCUT2D eigenvalue weighted by Gasteiger charge is 2.51. The van der Waals surface area contributed by atoms with Crippen LogP contribution in [0.4, 0.5) is 0 Å². The van der Waals surface area contributed by atoms with Gasteiger partial charge in [-0.25, -0.2) is 4.57 Å². The molecule has 0 bridgehead atoms. The van der Waals surface area contributed by atoms with Crippen molar-refractivity contribution in [1.29, 1.82) is 0 Å². The van der Waals surface area contributed by atoms with E-state index < -0.39 is 94.1 Å². The summed E-state index contributed by atoms with van der Waals surface area (Å²) in [5, 5.41) is 35.4. The molecule has 0 aliphatic carbocycles. The normalized spacial score (nSPS) is 18.5. The minimum absolute atomic E-state index is 0.149. The summed E-state index contributed by atoms with van der Waals surface area (Å²) in [5.74, 6) is -3.61. The first kappa shape index (κ1) is 78.0. The first-order valence-electron chi connectivity index (χ1n) is 33.8. The standard InChI is InChI=1S/C65H124NO15P/c1-5-9-13-17-21-25-27-31-35-39-43-47-60(71)78-55(45-41-37-33-29-23-19-15-11-7-3)49-57(69)62-63(73)64(81-82(74,75)76)58(52-68)80-65(62)77-53-54(51-67)66-59(70)50-56(46-42-38-34-30-24-20-16-12-8-4)79-61(72)48-44-40-36-32-28-26-22-18-14-10-6-2/h54-56,58,62-65,67-68,73H,5-53H2,1-4H3,(H,66,70)(H2,74,75,76)/t54-,55+,56+,58+,62+,63+,64+,65?/m0/s1. The zero-order chi connectivity index (χ0) is 60.3. The summed E-state index contributed by atoms with van der Waals surface area (Å²) < 4.78 is 41.0. The molecule has 1 rings (SSSR count). The van der Waals surface area contributed by atoms with E-state index in [2.05, 4.69) is 33.0 Å². The molecular formula is C65H124NO15P. The molecule has 1 fully saturated rings. The Hall–Kier alpha value is -2.01. The van der Waals surface area contributed by atoms with Crippen LogP contribution in [0.1, 0.15) is 323 Å². The van der Waals surface area contributed by atoms with Crippen LogP contribution in [0.25, 0.3) is 0 Å². The van der Waals surface area contributed by atoms with Crippen LogP contribution >= 0.6 is 7.82 Å². The monoisotopic (exact) mass is 1190 g/mol. The van der Waals surface area contributed by atoms with Crippen molar-refractivity contribution in [3.05, 3.63) is 0 Å². The third kappa shape index (κ3) is 42.7. The van der Waals surface area contributed by atoms with Gasteiger partial charge in [-0.1, -0.05) is 259 Å². The van der Waals surface area contributed by atoms with E-state index in [1.54, 1.807) is 0 Å². The molecule has 1 unspecified atom stereocenters. The van der Waals surface area contributed by atoms with Gasteiger partial charge in [-0.15, -0.1) is 0 Å². The maximum atomic E-state index is 14.5. The molecule has 0 saturated carbocycles. The molecule has 0 radical (unpaired) electrons. The lowest BCUT2D eigenvalue weighted by atomic mass is 9.85. The van der Waals surface area contributed by atoms with E-state index in [-0.39, 0.29) is 31.7 Å². The number of hydrogen-bond donors (Lipinski definition) is 6. The van der Waals surface area contributed by atoms with Crippen molar-refractivity contribution in [1.82, 2.24) is 5.32 Å². The number of carbonyl (C=O) groups excluding carboxylic acids is 4. The average Bonchev–Trinajstić information content (AvgIpc) is 3.51. The number of nitrogens with one attached hydrogen (secondary N) is 1. The number of ketones is 1. The SMILES string of the molecule is CCCCCCCCCCCCCC(=O)O[C@H](CCCCCCCCCCC)CC(=O)N[C@@H](CO)COC1O[C@H](CO)[C@@H](OP(=O)(O)O)[C@H](O)[C@H]1C(=O)C[C@@H](CCCCCCCCCCC)OC(=O)CCCCCCCCCCCCC. The molecule has 484 valence electrons. The quantitative estimate of drug-likeness (QED) is 0.0188. The predicted molar refractivity (Wildman–Crippen MR) is 327 cm³/mol. The maximum Gasteiger partial charge on any atom is 0.470 e. The number of phosphoric acid groups is 1. The molecule has 1 aliphatic rings.